The van der Waals surface area contributed by atoms with Gasteiger partial charge in [-0.05, 0) is 49.2 Å². The number of Topliss-reactive ketones (excluding diaryl/α,β-unsaturated/α-hetero) is 1. The molecule has 24 heavy (non-hydrogen) atoms. The molecule has 6 atom stereocenters. The largest absolute Gasteiger partial charge is 0.501 e. The Balaban J connectivity index is 1.57. The van der Waals surface area contributed by atoms with Gasteiger partial charge in [0.25, 0.3) is 0 Å². The normalized spacial score (nSPS) is 52.1. The molecule has 0 aromatic heterocycles. The van der Waals surface area contributed by atoms with Gasteiger partial charge in [0.2, 0.25) is 0 Å². The molecule has 0 bridgehead atoms. The van der Waals surface area contributed by atoms with Crippen LogP contribution >= 0.6 is 0 Å². The van der Waals surface area contributed by atoms with Crippen LogP contribution in [0.5, 0.6) is 0 Å². The second kappa shape index (κ2) is 4.55. The van der Waals surface area contributed by atoms with Crippen LogP contribution < -0.4 is 0 Å². The minimum absolute atomic E-state index is 0.00349. The van der Waals surface area contributed by atoms with E-state index in [0.29, 0.717) is 17.6 Å². The van der Waals surface area contributed by atoms with E-state index in [9.17, 15) is 4.79 Å². The van der Waals surface area contributed by atoms with Crippen LogP contribution in [0.2, 0.25) is 0 Å². The van der Waals surface area contributed by atoms with Crippen molar-refractivity contribution in [1.82, 2.24) is 0 Å². The van der Waals surface area contributed by atoms with Crippen molar-refractivity contribution < 1.29 is 14.3 Å². The highest BCUT2D eigenvalue weighted by Gasteiger charge is 2.71. The van der Waals surface area contributed by atoms with E-state index < -0.39 is 0 Å². The molecule has 1 heterocycles. The third kappa shape index (κ3) is 1.65. The maximum absolute atomic E-state index is 13.4. The smallest absolute Gasteiger partial charge is 0.137 e. The summed E-state index contributed by atoms with van der Waals surface area (Å²) in [6.45, 7) is 5.55. The number of ether oxygens (including phenoxy) is 2. The van der Waals surface area contributed by atoms with Gasteiger partial charge >= 0.3 is 0 Å². The van der Waals surface area contributed by atoms with Crippen LogP contribution in [-0.2, 0) is 14.3 Å². The molecule has 0 radical (unpaired) electrons. The highest BCUT2D eigenvalue weighted by molar-refractivity contribution is 5.85. The highest BCUT2D eigenvalue weighted by Crippen LogP contribution is 2.69. The van der Waals surface area contributed by atoms with Crippen molar-refractivity contribution in [3.05, 3.63) is 23.5 Å². The first-order chi connectivity index (χ1) is 11.4. The van der Waals surface area contributed by atoms with Gasteiger partial charge in [0.15, 0.2) is 0 Å². The molecule has 5 rings (SSSR count). The summed E-state index contributed by atoms with van der Waals surface area (Å²) in [6, 6.07) is 0. The number of carbonyl (C=O) groups excluding carboxylic acids is 1. The molecule has 4 aliphatic carbocycles. The summed E-state index contributed by atoms with van der Waals surface area (Å²) in [4.78, 5) is 13.4. The van der Waals surface area contributed by atoms with E-state index >= 15 is 0 Å². The maximum atomic E-state index is 13.4. The van der Waals surface area contributed by atoms with Gasteiger partial charge in [-0.1, -0.05) is 19.9 Å². The quantitative estimate of drug-likeness (QED) is 0.682. The van der Waals surface area contributed by atoms with Gasteiger partial charge in [0, 0.05) is 29.6 Å². The lowest BCUT2D eigenvalue weighted by Gasteiger charge is -2.55. The van der Waals surface area contributed by atoms with E-state index in [1.54, 1.807) is 7.11 Å². The van der Waals surface area contributed by atoms with Gasteiger partial charge in [-0.15, -0.1) is 0 Å². The molecule has 0 aromatic carbocycles. The average molecular weight is 328 g/mol. The van der Waals surface area contributed by atoms with Crippen molar-refractivity contribution in [2.75, 3.05) is 13.7 Å². The molecule has 3 fully saturated rings. The van der Waals surface area contributed by atoms with Crippen LogP contribution in [0.15, 0.2) is 23.5 Å². The van der Waals surface area contributed by atoms with Crippen molar-refractivity contribution >= 4 is 5.78 Å². The number of methoxy groups -OCH3 is 1. The molecular formula is C21H28O3. The summed E-state index contributed by atoms with van der Waals surface area (Å²) in [5.41, 5.74) is 1.47. The fourth-order valence-electron chi connectivity index (χ4n) is 6.93. The van der Waals surface area contributed by atoms with Gasteiger partial charge < -0.3 is 9.47 Å². The van der Waals surface area contributed by atoms with Crippen LogP contribution in [0.25, 0.3) is 0 Å². The Labute approximate surface area is 144 Å². The van der Waals surface area contributed by atoms with Crippen LogP contribution in [0.4, 0.5) is 0 Å². The summed E-state index contributed by atoms with van der Waals surface area (Å²) >= 11 is 0. The van der Waals surface area contributed by atoms with Crippen molar-refractivity contribution in [1.29, 1.82) is 0 Å². The summed E-state index contributed by atoms with van der Waals surface area (Å²) in [6.07, 6.45) is 10.8. The lowest BCUT2D eigenvalue weighted by Crippen LogP contribution is -2.55. The molecule has 6 unspecified atom stereocenters. The molecule has 1 aliphatic heterocycles. The Kier molecular flexibility index (Phi) is 2.88. The average Bonchev–Trinajstić information content (AvgIpc) is 3.28. The monoisotopic (exact) mass is 328 g/mol. The Morgan fingerprint density at radius 3 is 2.79 bits per heavy atom. The first-order valence-corrected chi connectivity index (χ1v) is 9.55. The van der Waals surface area contributed by atoms with Crippen molar-refractivity contribution in [2.24, 2.45) is 28.6 Å². The van der Waals surface area contributed by atoms with Crippen LogP contribution in [0, 0.1) is 28.6 Å². The SMILES string of the molecule is COC1=CC2=CCC3C(C(=O)CC4(C)C3CCC43CO3)C2(C)CC1. The minimum atomic E-state index is 0.00349. The number of hydrogen-bond acceptors (Lipinski definition) is 3. The van der Waals surface area contributed by atoms with Gasteiger partial charge in [0.1, 0.15) is 5.78 Å². The molecule has 3 heteroatoms. The standard InChI is InChI=1S/C21H28O3/c1-19-8-6-14(23-3)10-13(19)4-5-15-16-7-9-21(12-24-21)20(16,2)11-17(22)18(15)19/h4,10,15-16,18H,5-9,11-12H2,1-3H3. The molecule has 3 nitrogen and oxygen atoms in total. The number of allylic oxidation sites excluding steroid dienone is 4. The van der Waals surface area contributed by atoms with Crippen molar-refractivity contribution in [3.8, 4) is 0 Å². The predicted molar refractivity (Wildman–Crippen MR) is 91.3 cm³/mol. The number of ketones is 1. The molecule has 5 aliphatic rings. The molecule has 1 spiro atoms. The Morgan fingerprint density at radius 1 is 1.29 bits per heavy atom. The molecule has 0 amide bonds. The van der Waals surface area contributed by atoms with E-state index in [1.807, 2.05) is 0 Å². The third-order valence-electron chi connectivity index (χ3n) is 8.47. The van der Waals surface area contributed by atoms with Crippen LogP contribution in [0.3, 0.4) is 0 Å². The number of hydrogen-bond donors (Lipinski definition) is 0. The topological polar surface area (TPSA) is 38.8 Å². The van der Waals surface area contributed by atoms with E-state index in [1.165, 1.54) is 12.0 Å². The maximum Gasteiger partial charge on any atom is 0.137 e. The van der Waals surface area contributed by atoms with Crippen LogP contribution in [-0.4, -0.2) is 25.1 Å². The van der Waals surface area contributed by atoms with Crippen LogP contribution in [0.1, 0.15) is 52.4 Å². The first-order valence-electron chi connectivity index (χ1n) is 9.55. The fraction of sp³-hybridized carbons (Fsp3) is 0.762. The van der Waals surface area contributed by atoms with Crippen molar-refractivity contribution in [3.63, 3.8) is 0 Å². The second-order valence-corrected chi connectivity index (χ2v) is 9.26. The summed E-state index contributed by atoms with van der Waals surface area (Å²) < 4.78 is 11.4. The Bertz CT molecular complexity index is 671. The summed E-state index contributed by atoms with van der Waals surface area (Å²) in [5.74, 6) is 2.91. The number of fused-ring (bicyclic) bond motifs is 6. The zero-order valence-electron chi connectivity index (χ0n) is 15.1. The van der Waals surface area contributed by atoms with Gasteiger partial charge in [-0.3, -0.25) is 4.79 Å². The van der Waals surface area contributed by atoms with E-state index in [-0.39, 0.29) is 22.3 Å². The third-order valence-corrected chi connectivity index (χ3v) is 8.47. The summed E-state index contributed by atoms with van der Waals surface area (Å²) in [7, 11) is 1.76. The molecule has 1 saturated heterocycles. The van der Waals surface area contributed by atoms with E-state index in [2.05, 4.69) is 26.0 Å². The Morgan fingerprint density at radius 2 is 2.08 bits per heavy atom. The predicted octanol–water partition coefficient (Wildman–Crippen LogP) is 4.04. The first kappa shape index (κ1) is 15.2. The van der Waals surface area contributed by atoms with Gasteiger partial charge in [-0.2, -0.15) is 0 Å². The Hall–Kier alpha value is -1.09. The zero-order chi connectivity index (χ0) is 16.7. The number of carbonyl (C=O) groups is 1. The second-order valence-electron chi connectivity index (χ2n) is 9.26. The molecule has 130 valence electrons. The zero-order valence-corrected chi connectivity index (χ0v) is 15.1. The number of epoxide rings is 1. The molecular weight excluding hydrogens is 300 g/mol. The molecule has 0 N–H and O–H groups in total. The lowest BCUT2D eigenvalue weighted by molar-refractivity contribution is -0.144. The fourth-order valence-corrected chi connectivity index (χ4v) is 6.93. The minimum Gasteiger partial charge on any atom is -0.501 e. The van der Waals surface area contributed by atoms with E-state index in [4.69, 9.17) is 9.47 Å². The van der Waals surface area contributed by atoms with E-state index in [0.717, 1.165) is 44.5 Å². The number of rotatable bonds is 1. The van der Waals surface area contributed by atoms with Crippen molar-refractivity contribution in [2.45, 2.75) is 58.0 Å². The van der Waals surface area contributed by atoms with Gasteiger partial charge in [0.05, 0.1) is 25.1 Å². The van der Waals surface area contributed by atoms with Gasteiger partial charge in [-0.25, -0.2) is 0 Å². The summed E-state index contributed by atoms with van der Waals surface area (Å²) in [5, 5.41) is 0. The molecule has 2 saturated carbocycles. The highest BCUT2D eigenvalue weighted by atomic mass is 16.6. The molecule has 0 aromatic rings. The lowest BCUT2D eigenvalue weighted by atomic mass is 9.47.